The van der Waals surface area contributed by atoms with E-state index in [-0.39, 0.29) is 17.1 Å². The van der Waals surface area contributed by atoms with Crippen molar-refractivity contribution >= 4 is 40.6 Å². The summed E-state index contributed by atoms with van der Waals surface area (Å²) in [6.45, 7) is 0.691. The molecule has 1 fully saturated rings. The van der Waals surface area contributed by atoms with Crippen molar-refractivity contribution in [2.24, 2.45) is 5.92 Å². The van der Waals surface area contributed by atoms with E-state index in [9.17, 15) is 28.5 Å². The molecule has 32 heavy (non-hydrogen) atoms. The largest absolute Gasteiger partial charge is 0.490 e. The van der Waals surface area contributed by atoms with Gasteiger partial charge >= 0.3 is 23.5 Å². The third kappa shape index (κ3) is 5.69. The summed E-state index contributed by atoms with van der Waals surface area (Å²) in [7, 11) is -16.6. The van der Waals surface area contributed by atoms with E-state index in [1.165, 1.54) is 10.9 Å². The number of aliphatic hydroxyl groups excluding tert-OH is 1. The summed E-state index contributed by atoms with van der Waals surface area (Å²) in [5, 5.41) is 10.4. The van der Waals surface area contributed by atoms with Crippen LogP contribution in [0.5, 0.6) is 0 Å². The number of phosphoric ester groups is 1. The first-order valence-corrected chi connectivity index (χ1v) is 12.9. The molecule has 6 atom stereocenters. The molecule has 0 saturated carbocycles. The van der Waals surface area contributed by atoms with Crippen LogP contribution in [0.25, 0.3) is 11.2 Å². The Morgan fingerprint density at radius 1 is 1.22 bits per heavy atom. The first-order valence-electron chi connectivity index (χ1n) is 8.43. The number of ether oxygens (including phenoxy) is 1. The lowest BCUT2D eigenvalue weighted by atomic mass is 10.0. The van der Waals surface area contributed by atoms with Gasteiger partial charge in [0.15, 0.2) is 11.2 Å². The Kier molecular flexibility index (Phi) is 6.81. The summed E-state index contributed by atoms with van der Waals surface area (Å²) in [6, 6.07) is 0. The highest BCUT2D eigenvalue weighted by molar-refractivity contribution is 7.66. The summed E-state index contributed by atoms with van der Waals surface area (Å²) in [5.74, 6) is -0.885. The predicted octanol–water partition coefficient (Wildman–Crippen LogP) is -1.06. The zero-order valence-corrected chi connectivity index (χ0v) is 18.5. The number of hydrogen-bond donors (Lipinski definition) is 7. The van der Waals surface area contributed by atoms with Crippen LogP contribution in [0.4, 0.5) is 5.95 Å². The highest BCUT2D eigenvalue weighted by atomic mass is 31.3. The van der Waals surface area contributed by atoms with Gasteiger partial charge in [0, 0.05) is 5.92 Å². The third-order valence-corrected chi connectivity index (χ3v) is 8.03. The number of aromatic amines is 1. The first kappa shape index (κ1) is 25.1. The molecule has 3 rings (SSSR count). The number of nitrogen functional groups attached to an aromatic ring is 1. The van der Waals surface area contributed by atoms with Gasteiger partial charge in [-0.1, -0.05) is 6.92 Å². The number of phosphoric acid groups is 3. The average Bonchev–Trinajstić information content (AvgIpc) is 3.12. The molecule has 0 bridgehead atoms. The molecule has 180 valence electrons. The summed E-state index contributed by atoms with van der Waals surface area (Å²) < 4.78 is 52.5. The molecule has 0 amide bonds. The minimum absolute atomic E-state index is 0.0452. The lowest BCUT2D eigenvalue weighted by Crippen LogP contribution is -2.29. The van der Waals surface area contributed by atoms with E-state index >= 15 is 0 Å². The predicted molar refractivity (Wildman–Crippen MR) is 101 cm³/mol. The van der Waals surface area contributed by atoms with Crippen LogP contribution >= 0.6 is 23.5 Å². The number of nitrogens with one attached hydrogen (secondary N) is 1. The minimum atomic E-state index is -5.68. The smallest absolute Gasteiger partial charge is 0.390 e. The van der Waals surface area contributed by atoms with Crippen molar-refractivity contribution in [3.05, 3.63) is 16.7 Å². The molecule has 8 N–H and O–H groups in total. The second-order valence-corrected chi connectivity index (χ2v) is 11.0. The molecule has 1 aliphatic rings. The number of rotatable bonds is 8. The maximum Gasteiger partial charge on any atom is 0.490 e. The van der Waals surface area contributed by atoms with Gasteiger partial charge in [0.05, 0.1) is 19.0 Å². The van der Waals surface area contributed by atoms with Gasteiger partial charge in [-0.25, -0.2) is 18.7 Å². The van der Waals surface area contributed by atoms with Gasteiger partial charge in [-0.3, -0.25) is 18.9 Å². The molecule has 3 heterocycles. The molecule has 1 aliphatic heterocycles. The second-order valence-electron chi connectivity index (χ2n) is 6.58. The van der Waals surface area contributed by atoms with Crippen LogP contribution in [0.1, 0.15) is 13.2 Å². The van der Waals surface area contributed by atoms with E-state index < -0.39 is 60.0 Å². The van der Waals surface area contributed by atoms with Crippen molar-refractivity contribution in [3.8, 4) is 0 Å². The molecule has 0 radical (unpaired) electrons. The Bertz CT molecular complexity index is 1210. The summed E-state index contributed by atoms with van der Waals surface area (Å²) in [6.07, 6.45) is -2.34. The first-order chi connectivity index (χ1) is 14.6. The van der Waals surface area contributed by atoms with Crippen molar-refractivity contribution in [3.63, 3.8) is 0 Å². The number of aromatic nitrogens is 4. The highest BCUT2D eigenvalue weighted by Crippen LogP contribution is 2.66. The van der Waals surface area contributed by atoms with Gasteiger partial charge in [0.25, 0.3) is 5.56 Å². The zero-order valence-electron chi connectivity index (χ0n) is 15.9. The molecule has 0 aliphatic carbocycles. The fourth-order valence-corrected chi connectivity index (χ4v) is 5.98. The number of nitrogens with zero attached hydrogens (tertiary/aromatic N) is 3. The Morgan fingerprint density at radius 2 is 1.88 bits per heavy atom. The van der Waals surface area contributed by atoms with Crippen LogP contribution in [0, 0.1) is 5.92 Å². The molecule has 21 heteroatoms. The minimum Gasteiger partial charge on any atom is -0.390 e. The van der Waals surface area contributed by atoms with Crippen molar-refractivity contribution in [2.75, 3.05) is 12.3 Å². The van der Waals surface area contributed by atoms with E-state index in [0.29, 0.717) is 0 Å². The molecule has 2 aromatic heterocycles. The zero-order chi connectivity index (χ0) is 24.1. The molecule has 18 nitrogen and oxygen atoms in total. The van der Waals surface area contributed by atoms with Crippen LogP contribution in [0.15, 0.2) is 11.1 Å². The van der Waals surface area contributed by atoms with E-state index in [2.05, 4.69) is 28.1 Å². The number of hydrogen-bond acceptors (Lipinski definition) is 12. The van der Waals surface area contributed by atoms with Crippen LogP contribution in [0.3, 0.4) is 0 Å². The second kappa shape index (κ2) is 8.68. The quantitative estimate of drug-likeness (QED) is 0.204. The van der Waals surface area contributed by atoms with Crippen LogP contribution < -0.4 is 11.3 Å². The molecule has 1 saturated heterocycles. The number of nitrogens with two attached hydrogens (primary N) is 1. The Hall–Kier alpha value is -1.52. The number of H-pyrrole nitrogens is 1. The number of anilines is 1. The molecule has 0 spiro atoms. The van der Waals surface area contributed by atoms with E-state index in [4.69, 9.17) is 25.2 Å². The maximum absolute atomic E-state index is 11.9. The number of fused-ring (bicyclic) bond motifs is 1. The van der Waals surface area contributed by atoms with Gasteiger partial charge in [-0.05, 0) is 0 Å². The summed E-state index contributed by atoms with van der Waals surface area (Å²) >= 11 is 0. The van der Waals surface area contributed by atoms with E-state index in [1.54, 1.807) is 6.92 Å². The lowest BCUT2D eigenvalue weighted by Gasteiger charge is -2.19. The van der Waals surface area contributed by atoms with Gasteiger partial charge in [-0.15, -0.1) is 0 Å². The van der Waals surface area contributed by atoms with Crippen molar-refractivity contribution < 1.29 is 56.3 Å². The molecule has 2 aromatic rings. The Morgan fingerprint density at radius 3 is 2.50 bits per heavy atom. The van der Waals surface area contributed by atoms with Gasteiger partial charge < -0.3 is 35.2 Å². The van der Waals surface area contributed by atoms with Crippen LogP contribution in [0.2, 0.25) is 0 Å². The topological polar surface area (TPSA) is 279 Å². The van der Waals surface area contributed by atoms with Crippen molar-refractivity contribution in [1.82, 2.24) is 19.5 Å². The monoisotopic (exact) mass is 521 g/mol. The van der Waals surface area contributed by atoms with Gasteiger partial charge in [-0.2, -0.15) is 13.6 Å². The van der Waals surface area contributed by atoms with E-state index in [1.807, 2.05) is 0 Å². The third-order valence-electron chi connectivity index (χ3n) is 4.23. The Labute approximate surface area is 177 Å². The summed E-state index contributed by atoms with van der Waals surface area (Å²) in [4.78, 5) is 57.8. The van der Waals surface area contributed by atoms with Gasteiger partial charge in [0.1, 0.15) is 12.3 Å². The summed E-state index contributed by atoms with van der Waals surface area (Å²) in [5.41, 5.74) is 4.91. The Balaban J connectivity index is 1.72. The molecular formula is C11H18N5O13P3. The van der Waals surface area contributed by atoms with Crippen LogP contribution in [-0.4, -0.2) is 63.0 Å². The van der Waals surface area contributed by atoms with Gasteiger partial charge in [0.2, 0.25) is 5.95 Å². The SMILES string of the molecule is C[C@H]1[C@H](O)[C@@H](COP(=O)(O)OP(=O)(O)OP(=O)(O)O)O[C@H]1n1cnc2c(=O)[nH]c(N)nc21. The fourth-order valence-electron chi connectivity index (χ4n) is 2.95. The fraction of sp³-hybridized carbons (Fsp3) is 0.545. The van der Waals surface area contributed by atoms with Crippen molar-refractivity contribution in [1.29, 1.82) is 0 Å². The lowest BCUT2D eigenvalue weighted by molar-refractivity contribution is -0.0438. The standard InChI is InChI=1S/C11H18N5O13P3/c1-4-7(17)5(2-26-31(22,23)29-32(24,25)28-30(19,20)21)27-10(4)16-3-13-6-8(16)14-11(12)15-9(6)18/h3-5,7,10,17H,2H2,1H3,(H,22,23)(H,24,25)(H2,19,20,21)(H3,12,14,15,18)/t4-,5+,7-,10+/m0/s1. The number of aliphatic hydroxyl groups is 1. The highest BCUT2D eigenvalue weighted by Gasteiger charge is 2.45. The van der Waals surface area contributed by atoms with Crippen molar-refractivity contribution in [2.45, 2.75) is 25.4 Å². The number of imidazole rings is 1. The molecule has 0 aromatic carbocycles. The molecular weight excluding hydrogens is 503 g/mol. The van der Waals surface area contributed by atoms with E-state index in [0.717, 1.165) is 0 Å². The normalized spacial score (nSPS) is 27.9. The van der Waals surface area contributed by atoms with Crippen LogP contribution in [-0.2, 0) is 31.6 Å². The maximum atomic E-state index is 11.9. The molecule has 2 unspecified atom stereocenters. The average molecular weight is 521 g/mol.